The molecule has 4 aliphatic rings. The first-order valence-electron chi connectivity index (χ1n) is 10.3. The molecule has 2 bridgehead atoms. The van der Waals surface area contributed by atoms with E-state index < -0.39 is 0 Å². The van der Waals surface area contributed by atoms with Crippen LogP contribution >= 0.6 is 0 Å². The second kappa shape index (κ2) is 6.10. The third kappa shape index (κ3) is 2.46. The van der Waals surface area contributed by atoms with Gasteiger partial charge in [-0.3, -0.25) is 14.3 Å². The highest BCUT2D eigenvalue weighted by Gasteiger charge is 2.60. The van der Waals surface area contributed by atoms with Gasteiger partial charge in [-0.05, 0) is 31.2 Å². The zero-order chi connectivity index (χ0) is 19.6. The molecule has 0 aliphatic carbocycles. The van der Waals surface area contributed by atoms with Crippen molar-refractivity contribution >= 4 is 5.91 Å². The summed E-state index contributed by atoms with van der Waals surface area (Å²) in [6.45, 7) is 0.867. The lowest BCUT2D eigenvalue weighted by Gasteiger charge is -2.51. The fourth-order valence-electron chi connectivity index (χ4n) is 5.61. The van der Waals surface area contributed by atoms with Crippen molar-refractivity contribution in [1.82, 2.24) is 9.58 Å². The van der Waals surface area contributed by atoms with Crippen molar-refractivity contribution in [2.45, 2.75) is 50.2 Å². The molecular weight excluding hydrogens is 370 g/mol. The number of carbonyl (C=O) groups is 1. The summed E-state index contributed by atoms with van der Waals surface area (Å²) < 4.78 is 13.8. The molecule has 1 aromatic carbocycles. The fraction of sp³-hybridized carbons (Fsp3) is 0.455. The van der Waals surface area contributed by atoms with Crippen molar-refractivity contribution in [3.8, 4) is 5.75 Å². The Morgan fingerprint density at radius 1 is 1.17 bits per heavy atom. The molecule has 150 valence electrons. The number of nitrogens with one attached hydrogen (secondary N) is 1. The molecule has 0 unspecified atom stereocenters. The summed E-state index contributed by atoms with van der Waals surface area (Å²) in [6.07, 6.45) is 5.88. The molecule has 3 fully saturated rings. The van der Waals surface area contributed by atoms with Crippen molar-refractivity contribution in [1.29, 1.82) is 0 Å². The number of rotatable bonds is 3. The van der Waals surface area contributed by atoms with Crippen LogP contribution in [0, 0.1) is 5.92 Å². The minimum atomic E-state index is -0.280. The molecular formula is C22H23N3O4. The Labute approximate surface area is 168 Å². The lowest BCUT2D eigenvalue weighted by Crippen LogP contribution is -2.65. The molecule has 0 radical (unpaired) electrons. The third-order valence-electron chi connectivity index (χ3n) is 6.99. The second-order valence-electron chi connectivity index (χ2n) is 8.51. The molecule has 29 heavy (non-hydrogen) atoms. The van der Waals surface area contributed by atoms with E-state index >= 15 is 0 Å². The lowest BCUT2D eigenvalue weighted by atomic mass is 9.72. The van der Waals surface area contributed by atoms with E-state index in [0.717, 1.165) is 31.2 Å². The number of pyridine rings is 1. The van der Waals surface area contributed by atoms with Gasteiger partial charge in [0.15, 0.2) is 11.4 Å². The second-order valence-corrected chi connectivity index (χ2v) is 8.51. The van der Waals surface area contributed by atoms with E-state index in [9.17, 15) is 9.59 Å². The maximum Gasteiger partial charge on any atom is 0.278 e. The van der Waals surface area contributed by atoms with E-state index in [0.29, 0.717) is 12.6 Å². The van der Waals surface area contributed by atoms with Gasteiger partial charge in [-0.25, -0.2) is 0 Å². The third-order valence-corrected chi connectivity index (χ3v) is 6.99. The maximum atomic E-state index is 13.4. The highest BCUT2D eigenvalue weighted by atomic mass is 16.5. The zero-order valence-electron chi connectivity index (χ0n) is 16.0. The highest BCUT2D eigenvalue weighted by molar-refractivity contribution is 5.96. The van der Waals surface area contributed by atoms with Crippen LogP contribution in [0.25, 0.3) is 0 Å². The SMILES string of the molecule is O=C1c2c(OCc3ccccc3)c(=O)ccn2N[C@@H]2[C@H]3C[C@@H]4CC[C@@]3(CCN12)O4. The zero-order valence-corrected chi connectivity index (χ0v) is 16.0. The van der Waals surface area contributed by atoms with Crippen LogP contribution in [0.15, 0.2) is 47.4 Å². The summed E-state index contributed by atoms with van der Waals surface area (Å²) in [7, 11) is 0. The van der Waals surface area contributed by atoms with Crippen LogP contribution in [0.1, 0.15) is 41.7 Å². The number of aromatic nitrogens is 1. The molecule has 7 nitrogen and oxygen atoms in total. The summed E-state index contributed by atoms with van der Waals surface area (Å²) in [5.74, 6) is 0.240. The predicted octanol–water partition coefficient (Wildman–Crippen LogP) is 2.09. The van der Waals surface area contributed by atoms with Crippen molar-refractivity contribution < 1.29 is 14.3 Å². The molecule has 1 spiro atoms. The molecule has 1 amide bonds. The Hall–Kier alpha value is -2.80. The van der Waals surface area contributed by atoms with Crippen molar-refractivity contribution in [3.05, 3.63) is 64.1 Å². The molecule has 0 saturated carbocycles. The van der Waals surface area contributed by atoms with Gasteiger partial charge < -0.3 is 19.8 Å². The maximum absolute atomic E-state index is 13.4. The minimum Gasteiger partial charge on any atom is -0.482 e. The van der Waals surface area contributed by atoms with Gasteiger partial charge in [0.05, 0.1) is 11.7 Å². The Morgan fingerprint density at radius 3 is 2.86 bits per heavy atom. The number of hydrogen-bond acceptors (Lipinski definition) is 5. The largest absolute Gasteiger partial charge is 0.482 e. The average Bonchev–Trinajstić information content (AvgIpc) is 3.32. The number of carbonyl (C=O) groups excluding carboxylic acids is 1. The molecule has 2 aromatic rings. The Morgan fingerprint density at radius 2 is 2.03 bits per heavy atom. The van der Waals surface area contributed by atoms with Crippen LogP contribution in [-0.2, 0) is 11.3 Å². The minimum absolute atomic E-state index is 0.0949. The Balaban J connectivity index is 1.34. The number of benzene rings is 1. The van der Waals surface area contributed by atoms with Gasteiger partial charge in [0.2, 0.25) is 5.43 Å². The normalized spacial score (nSPS) is 31.7. The number of piperidine rings is 1. The van der Waals surface area contributed by atoms with Gasteiger partial charge in [0, 0.05) is 24.7 Å². The summed E-state index contributed by atoms with van der Waals surface area (Å²) in [4.78, 5) is 27.8. The number of nitrogens with zero attached hydrogens (tertiary/aromatic N) is 2. The van der Waals surface area contributed by atoms with Gasteiger partial charge in [0.1, 0.15) is 12.8 Å². The van der Waals surface area contributed by atoms with Crippen LogP contribution in [0.4, 0.5) is 0 Å². The van der Waals surface area contributed by atoms with E-state index in [-0.39, 0.29) is 47.1 Å². The number of fused-ring (bicyclic) bond motifs is 4. The average molecular weight is 393 g/mol. The lowest BCUT2D eigenvalue weighted by molar-refractivity contribution is -0.0655. The Kier molecular flexibility index (Phi) is 3.59. The van der Waals surface area contributed by atoms with Gasteiger partial charge in [-0.15, -0.1) is 0 Å². The van der Waals surface area contributed by atoms with Gasteiger partial charge in [-0.1, -0.05) is 30.3 Å². The topological polar surface area (TPSA) is 72.8 Å². The summed E-state index contributed by atoms with van der Waals surface area (Å²) in [5, 5.41) is 0. The first-order valence-corrected chi connectivity index (χ1v) is 10.3. The van der Waals surface area contributed by atoms with Crippen LogP contribution in [0.3, 0.4) is 0 Å². The molecule has 6 rings (SSSR count). The van der Waals surface area contributed by atoms with Crippen LogP contribution in [0.5, 0.6) is 5.75 Å². The van der Waals surface area contributed by atoms with E-state index in [1.165, 1.54) is 6.07 Å². The van der Waals surface area contributed by atoms with Gasteiger partial charge >= 0.3 is 0 Å². The molecule has 4 aliphatic heterocycles. The standard InChI is InChI=1S/C22H23N3O4/c26-17-7-10-25-18(19(17)28-13-14-4-2-1-3-5-14)21(27)24-11-9-22-8-6-15(29-22)12-16(22)20(24)23-25/h1-5,7,10,15-16,20,23H,6,8-9,11-13H2/t15-,16+,20-,22-/m0/s1. The number of hydrogen-bond donors (Lipinski definition) is 1. The predicted molar refractivity (Wildman–Crippen MR) is 105 cm³/mol. The van der Waals surface area contributed by atoms with E-state index in [4.69, 9.17) is 9.47 Å². The van der Waals surface area contributed by atoms with E-state index in [1.807, 2.05) is 35.2 Å². The Bertz CT molecular complexity index is 1040. The van der Waals surface area contributed by atoms with Crippen LogP contribution in [-0.4, -0.2) is 39.9 Å². The quantitative estimate of drug-likeness (QED) is 0.865. The number of ether oxygens (including phenoxy) is 2. The van der Waals surface area contributed by atoms with E-state index in [1.54, 1.807) is 10.9 Å². The molecule has 7 heteroatoms. The van der Waals surface area contributed by atoms with Crippen molar-refractivity contribution in [2.24, 2.45) is 5.92 Å². The fourth-order valence-corrected chi connectivity index (χ4v) is 5.61. The smallest absolute Gasteiger partial charge is 0.278 e. The summed E-state index contributed by atoms with van der Waals surface area (Å²) in [6, 6.07) is 11.1. The molecule has 5 heterocycles. The summed E-state index contributed by atoms with van der Waals surface area (Å²) in [5.41, 5.74) is 4.32. The summed E-state index contributed by atoms with van der Waals surface area (Å²) >= 11 is 0. The van der Waals surface area contributed by atoms with Crippen LogP contribution in [0.2, 0.25) is 0 Å². The monoisotopic (exact) mass is 393 g/mol. The number of amides is 1. The van der Waals surface area contributed by atoms with Gasteiger partial charge in [-0.2, -0.15) is 0 Å². The van der Waals surface area contributed by atoms with Crippen LogP contribution < -0.4 is 15.6 Å². The molecule has 3 saturated heterocycles. The highest BCUT2D eigenvalue weighted by Crippen LogP contribution is 2.54. The van der Waals surface area contributed by atoms with Crippen molar-refractivity contribution in [3.63, 3.8) is 0 Å². The van der Waals surface area contributed by atoms with E-state index in [2.05, 4.69) is 5.43 Å². The van der Waals surface area contributed by atoms with Crippen molar-refractivity contribution in [2.75, 3.05) is 12.0 Å². The van der Waals surface area contributed by atoms with Gasteiger partial charge in [0.25, 0.3) is 5.91 Å². The molecule has 4 atom stereocenters. The molecule has 1 aromatic heterocycles. The first kappa shape index (κ1) is 17.1. The first-order chi connectivity index (χ1) is 14.1. The molecule has 1 N–H and O–H groups in total.